The van der Waals surface area contributed by atoms with Crippen molar-refractivity contribution < 1.29 is 27.5 Å². The van der Waals surface area contributed by atoms with Crippen LogP contribution in [0.2, 0.25) is 0 Å². The molecule has 0 spiro atoms. The largest absolute Gasteiger partial charge is 0.419 e. The van der Waals surface area contributed by atoms with Gasteiger partial charge in [0, 0.05) is 48.1 Å². The molecule has 44 heavy (non-hydrogen) atoms. The zero-order valence-electron chi connectivity index (χ0n) is 26.3. The fourth-order valence-corrected chi connectivity index (χ4v) is 5.67. The van der Waals surface area contributed by atoms with Gasteiger partial charge < -0.3 is 15.3 Å². The number of H-pyrrole nitrogens is 1. The van der Waals surface area contributed by atoms with Crippen LogP contribution in [0.1, 0.15) is 102 Å². The average Bonchev–Trinajstić information content (AvgIpc) is 3.71. The van der Waals surface area contributed by atoms with E-state index in [4.69, 9.17) is 4.99 Å². The molecule has 1 aliphatic carbocycles. The highest BCUT2D eigenvalue weighted by atomic mass is 19.4. The Hall–Kier alpha value is -3.47. The number of piperidine rings is 1. The van der Waals surface area contributed by atoms with E-state index in [1.165, 1.54) is 18.9 Å². The number of carbonyl (C=O) groups is 1. The number of allylic oxidation sites excluding steroid dienone is 3. The van der Waals surface area contributed by atoms with Gasteiger partial charge in [-0.05, 0) is 81.4 Å². The molecule has 1 saturated carbocycles. The summed E-state index contributed by atoms with van der Waals surface area (Å²) >= 11 is 0. The van der Waals surface area contributed by atoms with Gasteiger partial charge in [-0.25, -0.2) is 9.38 Å². The lowest BCUT2D eigenvalue weighted by Crippen LogP contribution is -2.39. The zero-order valence-corrected chi connectivity index (χ0v) is 26.3. The van der Waals surface area contributed by atoms with E-state index in [9.17, 15) is 27.5 Å². The van der Waals surface area contributed by atoms with Crippen LogP contribution in [-0.4, -0.2) is 58.1 Å². The van der Waals surface area contributed by atoms with Crippen LogP contribution in [0.25, 0.3) is 16.8 Å². The summed E-state index contributed by atoms with van der Waals surface area (Å²) in [7, 11) is 0. The molecule has 2 aromatic rings. The Morgan fingerprint density at radius 2 is 1.82 bits per heavy atom. The summed E-state index contributed by atoms with van der Waals surface area (Å²) in [6.07, 6.45) is 5.27. The van der Waals surface area contributed by atoms with E-state index in [0.717, 1.165) is 54.1 Å². The molecule has 1 aliphatic heterocycles. The minimum absolute atomic E-state index is 0.0476. The van der Waals surface area contributed by atoms with Crippen LogP contribution in [0.15, 0.2) is 40.7 Å². The number of alkyl halides is 3. The van der Waals surface area contributed by atoms with Crippen LogP contribution in [0.4, 0.5) is 17.6 Å². The fraction of sp³-hybridized carbons (Fsp3) is 0.545. The van der Waals surface area contributed by atoms with Crippen LogP contribution >= 0.6 is 0 Å². The first-order valence-electron chi connectivity index (χ1n) is 15.5. The van der Waals surface area contributed by atoms with Gasteiger partial charge in [0.15, 0.2) is 0 Å². The standard InChI is InChI=1S/C31H39F4N5O2.C2H6/c1-4-19(2)30(37-23-7-5-6-8-23)36-14-11-20(3)27-28(21-12-15-40(16-13-21)26(42)18-41)38-39-29(27)22-9-10-25(32)24(17-22)31(33,34)35;1-2/h9-11,14,17,21,23,37,41H,4-8,12-13,15-16,18H2,1-3H3,(H,38,39);1-2H3/b20-11+,30-19?,36-14-;. The molecular formula is C33H45F4N5O2. The molecule has 2 fully saturated rings. The number of amides is 1. The predicted octanol–water partition coefficient (Wildman–Crippen LogP) is 7.61. The smallest absolute Gasteiger partial charge is 0.387 e. The highest BCUT2D eigenvalue weighted by Crippen LogP contribution is 2.39. The Morgan fingerprint density at radius 3 is 2.41 bits per heavy atom. The molecule has 7 nitrogen and oxygen atoms in total. The lowest BCUT2D eigenvalue weighted by molar-refractivity contribution is -0.140. The van der Waals surface area contributed by atoms with E-state index in [1.54, 1.807) is 11.1 Å². The molecule has 0 atom stereocenters. The second kappa shape index (κ2) is 16.0. The first-order chi connectivity index (χ1) is 21.0. The molecule has 1 aromatic carbocycles. The van der Waals surface area contributed by atoms with Crippen LogP contribution in [0, 0.1) is 5.82 Å². The van der Waals surface area contributed by atoms with Gasteiger partial charge in [-0.3, -0.25) is 9.89 Å². The van der Waals surface area contributed by atoms with Gasteiger partial charge in [-0.1, -0.05) is 33.6 Å². The minimum atomic E-state index is -4.85. The molecule has 1 aromatic heterocycles. The third-order valence-electron chi connectivity index (χ3n) is 8.28. The maximum atomic E-state index is 14.1. The summed E-state index contributed by atoms with van der Waals surface area (Å²) in [6.45, 7) is 10.3. The Bertz CT molecular complexity index is 1350. The average molecular weight is 620 g/mol. The van der Waals surface area contributed by atoms with Crippen LogP contribution in [0.3, 0.4) is 0 Å². The van der Waals surface area contributed by atoms with E-state index >= 15 is 0 Å². The summed E-state index contributed by atoms with van der Waals surface area (Å²) in [5.41, 5.74) is 2.32. The maximum absolute atomic E-state index is 14.1. The maximum Gasteiger partial charge on any atom is 0.419 e. The number of aliphatic hydroxyl groups excluding tert-OH is 1. The number of hydrogen-bond donors (Lipinski definition) is 3. The third-order valence-corrected chi connectivity index (χ3v) is 8.28. The number of nitrogens with one attached hydrogen (secondary N) is 2. The Morgan fingerprint density at radius 1 is 1.16 bits per heavy atom. The molecule has 0 radical (unpaired) electrons. The van der Waals surface area contributed by atoms with Crippen molar-refractivity contribution in [3.05, 3.63) is 58.3 Å². The van der Waals surface area contributed by atoms with Crippen molar-refractivity contribution in [2.24, 2.45) is 4.99 Å². The van der Waals surface area contributed by atoms with Crippen LogP contribution in [0.5, 0.6) is 0 Å². The number of aromatic amines is 1. The van der Waals surface area contributed by atoms with E-state index in [-0.39, 0.29) is 23.1 Å². The normalized spacial score (nSPS) is 17.5. The molecule has 1 amide bonds. The van der Waals surface area contributed by atoms with Crippen molar-refractivity contribution in [3.63, 3.8) is 0 Å². The second-order valence-corrected chi connectivity index (χ2v) is 11.1. The van der Waals surface area contributed by atoms with Crippen molar-refractivity contribution in [2.45, 2.75) is 97.7 Å². The quantitative estimate of drug-likeness (QED) is 0.199. The number of aliphatic imine (C=N–C) groups is 1. The highest BCUT2D eigenvalue weighted by molar-refractivity contribution is 5.89. The van der Waals surface area contributed by atoms with Crippen molar-refractivity contribution in [3.8, 4) is 11.3 Å². The molecule has 4 rings (SSSR count). The molecule has 2 heterocycles. The Kier molecular flexibility index (Phi) is 12.7. The van der Waals surface area contributed by atoms with Gasteiger partial charge in [-0.2, -0.15) is 18.3 Å². The van der Waals surface area contributed by atoms with Gasteiger partial charge >= 0.3 is 6.18 Å². The molecule has 0 unspecified atom stereocenters. The number of aromatic nitrogens is 2. The number of aliphatic hydroxyl groups is 1. The molecule has 0 bridgehead atoms. The highest BCUT2D eigenvalue weighted by Gasteiger charge is 2.35. The van der Waals surface area contributed by atoms with Crippen molar-refractivity contribution >= 4 is 17.7 Å². The van der Waals surface area contributed by atoms with Gasteiger partial charge in [0.25, 0.3) is 0 Å². The minimum Gasteiger partial charge on any atom is -0.387 e. The van der Waals surface area contributed by atoms with Crippen LogP contribution in [-0.2, 0) is 11.0 Å². The summed E-state index contributed by atoms with van der Waals surface area (Å²) in [5.74, 6) is -0.900. The number of hydrogen-bond acceptors (Lipinski definition) is 5. The number of likely N-dealkylation sites (tertiary alicyclic amines) is 1. The van der Waals surface area contributed by atoms with E-state index < -0.39 is 24.2 Å². The summed E-state index contributed by atoms with van der Waals surface area (Å²) < 4.78 is 54.8. The van der Waals surface area contributed by atoms with E-state index in [1.807, 2.05) is 33.8 Å². The Balaban J connectivity index is 0.00000259. The third kappa shape index (κ3) is 8.58. The monoisotopic (exact) mass is 619 g/mol. The lowest BCUT2D eigenvalue weighted by atomic mass is 9.87. The molecule has 1 saturated heterocycles. The van der Waals surface area contributed by atoms with E-state index in [0.29, 0.717) is 37.5 Å². The second-order valence-electron chi connectivity index (χ2n) is 11.1. The van der Waals surface area contributed by atoms with E-state index in [2.05, 4.69) is 22.4 Å². The topological polar surface area (TPSA) is 93.6 Å². The molecule has 2 aliphatic rings. The van der Waals surface area contributed by atoms with Gasteiger partial charge in [-0.15, -0.1) is 0 Å². The Labute approximate surface area is 257 Å². The summed E-state index contributed by atoms with van der Waals surface area (Å²) in [4.78, 5) is 18.3. The zero-order chi connectivity index (χ0) is 32.4. The predicted molar refractivity (Wildman–Crippen MR) is 166 cm³/mol. The molecule has 3 N–H and O–H groups in total. The van der Waals surface area contributed by atoms with Crippen molar-refractivity contribution in [1.82, 2.24) is 20.4 Å². The summed E-state index contributed by atoms with van der Waals surface area (Å²) in [6, 6.07) is 3.30. The van der Waals surface area contributed by atoms with Crippen molar-refractivity contribution in [1.29, 1.82) is 0 Å². The number of rotatable bonds is 9. The number of halogens is 4. The molecular weight excluding hydrogens is 574 g/mol. The lowest BCUT2D eigenvalue weighted by Gasteiger charge is -2.31. The van der Waals surface area contributed by atoms with Gasteiger partial charge in [0.05, 0.1) is 11.3 Å². The first-order valence-corrected chi connectivity index (χ1v) is 15.5. The fourth-order valence-electron chi connectivity index (χ4n) is 5.67. The van der Waals surface area contributed by atoms with Crippen molar-refractivity contribution in [2.75, 3.05) is 19.7 Å². The van der Waals surface area contributed by atoms with Crippen LogP contribution < -0.4 is 5.32 Å². The van der Waals surface area contributed by atoms with Gasteiger partial charge in [0.2, 0.25) is 5.91 Å². The number of carbonyl (C=O) groups excluding carboxylic acids is 1. The first kappa shape index (κ1) is 35.0. The molecule has 11 heteroatoms. The SMILES string of the molecule is CC.CCC(C)=C(/N=C\C=C(/C)c1c(-c2ccc(F)c(C(F)(F)F)c2)n[nH]c1C1CCN(C(=O)CO)CC1)NC1CCCC1. The number of benzene rings is 1. The summed E-state index contributed by atoms with van der Waals surface area (Å²) in [5, 5.41) is 20.2. The number of nitrogens with zero attached hydrogens (tertiary/aromatic N) is 3. The van der Waals surface area contributed by atoms with Gasteiger partial charge in [0.1, 0.15) is 18.2 Å². The molecule has 242 valence electrons.